The zero-order valence-electron chi connectivity index (χ0n) is 9.65. The van der Waals surface area contributed by atoms with Gasteiger partial charge in [0.1, 0.15) is 0 Å². The minimum atomic E-state index is -2.75. The predicted molar refractivity (Wildman–Crippen MR) is 63.9 cm³/mol. The fourth-order valence-electron chi connectivity index (χ4n) is 2.43. The lowest BCUT2D eigenvalue weighted by Gasteiger charge is -2.14. The molecule has 1 saturated carbocycles. The standard InChI is InChI=1S/C12H20O3S/c13-16(14)7-6-12(10-16)9-15-8-11-4-2-1-3-5-11/h8,12H,1-7,9-10H2. The van der Waals surface area contributed by atoms with Crippen LogP contribution in [0.3, 0.4) is 0 Å². The van der Waals surface area contributed by atoms with Gasteiger partial charge in [0.15, 0.2) is 9.84 Å². The second-order valence-corrected chi connectivity index (χ2v) is 7.17. The summed E-state index contributed by atoms with van der Waals surface area (Å²) in [6.45, 7) is 0.572. The molecule has 92 valence electrons. The molecular weight excluding hydrogens is 224 g/mol. The lowest BCUT2D eigenvalue weighted by Crippen LogP contribution is -2.10. The van der Waals surface area contributed by atoms with Crippen LogP contribution in [0.25, 0.3) is 0 Å². The number of hydrogen-bond acceptors (Lipinski definition) is 3. The molecule has 0 aromatic carbocycles. The number of allylic oxidation sites excluding steroid dienone is 1. The highest BCUT2D eigenvalue weighted by atomic mass is 32.2. The first-order chi connectivity index (χ1) is 7.66. The first-order valence-electron chi connectivity index (χ1n) is 6.16. The molecule has 1 saturated heterocycles. The monoisotopic (exact) mass is 244 g/mol. The summed E-state index contributed by atoms with van der Waals surface area (Å²) in [6.07, 6.45) is 8.83. The third-order valence-electron chi connectivity index (χ3n) is 3.40. The molecule has 1 aliphatic carbocycles. The van der Waals surface area contributed by atoms with Crippen LogP contribution in [0.2, 0.25) is 0 Å². The Bertz CT molecular complexity index is 348. The van der Waals surface area contributed by atoms with Gasteiger partial charge in [-0.15, -0.1) is 0 Å². The second-order valence-electron chi connectivity index (χ2n) is 4.94. The van der Waals surface area contributed by atoms with Crippen LogP contribution in [0.1, 0.15) is 38.5 Å². The Morgan fingerprint density at radius 3 is 2.62 bits per heavy atom. The Hall–Kier alpha value is -0.510. The summed E-state index contributed by atoms with van der Waals surface area (Å²) in [4.78, 5) is 0. The van der Waals surface area contributed by atoms with E-state index in [-0.39, 0.29) is 5.92 Å². The van der Waals surface area contributed by atoms with Gasteiger partial charge in [-0.05, 0) is 37.7 Å². The third kappa shape index (κ3) is 3.51. The summed E-state index contributed by atoms with van der Waals surface area (Å²) in [5.74, 6) is 0.874. The van der Waals surface area contributed by atoms with Gasteiger partial charge >= 0.3 is 0 Å². The Balaban J connectivity index is 1.72. The predicted octanol–water partition coefficient (Wildman–Crippen LogP) is 2.29. The van der Waals surface area contributed by atoms with Crippen LogP contribution in [-0.2, 0) is 14.6 Å². The van der Waals surface area contributed by atoms with Gasteiger partial charge in [-0.3, -0.25) is 0 Å². The molecule has 0 aromatic rings. The first kappa shape index (κ1) is 12.0. The third-order valence-corrected chi connectivity index (χ3v) is 5.24. The van der Waals surface area contributed by atoms with Gasteiger partial charge in [-0.25, -0.2) is 8.42 Å². The van der Waals surface area contributed by atoms with E-state index in [1.165, 1.54) is 24.8 Å². The van der Waals surface area contributed by atoms with Gasteiger partial charge in [0.25, 0.3) is 0 Å². The molecular formula is C12H20O3S. The first-order valence-corrected chi connectivity index (χ1v) is 7.98. The van der Waals surface area contributed by atoms with E-state index in [1.54, 1.807) is 0 Å². The Kier molecular flexibility index (Phi) is 3.90. The minimum Gasteiger partial charge on any atom is -0.501 e. The SMILES string of the molecule is O=S1(=O)CCC(COC=C2CCCCC2)C1. The van der Waals surface area contributed by atoms with Crippen molar-refractivity contribution in [1.29, 1.82) is 0 Å². The molecule has 2 fully saturated rings. The Morgan fingerprint density at radius 2 is 2.00 bits per heavy atom. The normalized spacial score (nSPS) is 29.0. The van der Waals surface area contributed by atoms with Gasteiger partial charge < -0.3 is 4.74 Å². The molecule has 2 rings (SSSR count). The Labute approximate surface area is 97.8 Å². The summed E-state index contributed by atoms with van der Waals surface area (Å²) in [5.41, 5.74) is 1.40. The van der Waals surface area contributed by atoms with E-state index < -0.39 is 9.84 Å². The fraction of sp³-hybridized carbons (Fsp3) is 0.833. The highest BCUT2D eigenvalue weighted by Crippen LogP contribution is 2.23. The molecule has 16 heavy (non-hydrogen) atoms. The lowest BCUT2D eigenvalue weighted by molar-refractivity contribution is 0.201. The molecule has 3 nitrogen and oxygen atoms in total. The van der Waals surface area contributed by atoms with Crippen LogP contribution in [0.15, 0.2) is 11.8 Å². The number of rotatable bonds is 3. The summed E-state index contributed by atoms with van der Waals surface area (Å²) in [5, 5.41) is 0. The number of sulfone groups is 1. The van der Waals surface area contributed by atoms with Crippen molar-refractivity contribution < 1.29 is 13.2 Å². The summed E-state index contributed by atoms with van der Waals surface area (Å²) >= 11 is 0. The van der Waals surface area contributed by atoms with Crippen molar-refractivity contribution in [3.63, 3.8) is 0 Å². The highest BCUT2D eigenvalue weighted by Gasteiger charge is 2.27. The lowest BCUT2D eigenvalue weighted by atomic mass is 9.96. The van der Waals surface area contributed by atoms with Crippen molar-refractivity contribution in [2.24, 2.45) is 5.92 Å². The summed E-state index contributed by atoms with van der Waals surface area (Å²) in [7, 11) is -2.75. The van der Waals surface area contributed by atoms with E-state index in [4.69, 9.17) is 4.74 Å². The molecule has 1 unspecified atom stereocenters. The van der Waals surface area contributed by atoms with Crippen molar-refractivity contribution in [3.05, 3.63) is 11.8 Å². The van der Waals surface area contributed by atoms with Gasteiger partial charge in [0.2, 0.25) is 0 Å². The molecule has 0 amide bonds. The van der Waals surface area contributed by atoms with Crippen LogP contribution in [0, 0.1) is 5.92 Å². The van der Waals surface area contributed by atoms with Crippen molar-refractivity contribution >= 4 is 9.84 Å². The molecule has 0 bridgehead atoms. The summed E-state index contributed by atoms with van der Waals surface area (Å²) < 4.78 is 28.0. The molecule has 0 aromatic heterocycles. The molecule has 2 aliphatic rings. The van der Waals surface area contributed by atoms with Crippen LogP contribution in [-0.4, -0.2) is 26.5 Å². The molecule has 1 heterocycles. The highest BCUT2D eigenvalue weighted by molar-refractivity contribution is 7.91. The van der Waals surface area contributed by atoms with Gasteiger partial charge in [-0.1, -0.05) is 6.42 Å². The maximum absolute atomic E-state index is 11.2. The largest absolute Gasteiger partial charge is 0.501 e. The topological polar surface area (TPSA) is 43.4 Å². The van der Waals surface area contributed by atoms with E-state index in [0.29, 0.717) is 18.1 Å². The fourth-order valence-corrected chi connectivity index (χ4v) is 4.27. The smallest absolute Gasteiger partial charge is 0.150 e. The molecule has 0 radical (unpaired) electrons. The van der Waals surface area contributed by atoms with Crippen molar-refractivity contribution in [1.82, 2.24) is 0 Å². The Morgan fingerprint density at radius 1 is 1.25 bits per heavy atom. The molecule has 1 aliphatic heterocycles. The van der Waals surface area contributed by atoms with Crippen molar-refractivity contribution in [2.75, 3.05) is 18.1 Å². The van der Waals surface area contributed by atoms with E-state index in [0.717, 1.165) is 19.3 Å². The zero-order chi connectivity index (χ0) is 11.4. The van der Waals surface area contributed by atoms with Crippen LogP contribution in [0.4, 0.5) is 0 Å². The van der Waals surface area contributed by atoms with Crippen LogP contribution >= 0.6 is 0 Å². The summed E-state index contributed by atoms with van der Waals surface area (Å²) in [6, 6.07) is 0. The average molecular weight is 244 g/mol. The molecule has 0 N–H and O–H groups in total. The van der Waals surface area contributed by atoms with Gasteiger partial charge in [0.05, 0.1) is 24.4 Å². The van der Waals surface area contributed by atoms with Crippen molar-refractivity contribution in [2.45, 2.75) is 38.5 Å². The molecule has 1 atom stereocenters. The van der Waals surface area contributed by atoms with Gasteiger partial charge in [0, 0.05) is 5.92 Å². The molecule has 0 spiro atoms. The van der Waals surface area contributed by atoms with Gasteiger partial charge in [-0.2, -0.15) is 0 Å². The van der Waals surface area contributed by atoms with Crippen LogP contribution in [0.5, 0.6) is 0 Å². The minimum absolute atomic E-state index is 0.213. The number of hydrogen-bond donors (Lipinski definition) is 0. The second kappa shape index (κ2) is 5.21. The van der Waals surface area contributed by atoms with Crippen LogP contribution < -0.4 is 0 Å². The quantitative estimate of drug-likeness (QED) is 0.715. The maximum atomic E-state index is 11.2. The van der Waals surface area contributed by atoms with E-state index in [9.17, 15) is 8.42 Å². The van der Waals surface area contributed by atoms with E-state index in [2.05, 4.69) is 0 Å². The van der Waals surface area contributed by atoms with E-state index in [1.807, 2.05) is 6.26 Å². The van der Waals surface area contributed by atoms with E-state index >= 15 is 0 Å². The van der Waals surface area contributed by atoms with Crippen molar-refractivity contribution in [3.8, 4) is 0 Å². The number of ether oxygens (including phenoxy) is 1. The average Bonchev–Trinajstić information content (AvgIpc) is 2.60. The molecule has 4 heteroatoms. The maximum Gasteiger partial charge on any atom is 0.150 e. The zero-order valence-corrected chi connectivity index (χ0v) is 10.5.